The third-order valence-corrected chi connectivity index (χ3v) is 8.00. The number of carbonyl (C=O) groups is 1. The molecule has 0 aliphatic carbocycles. The average Bonchev–Trinajstić information content (AvgIpc) is 3.67. The van der Waals surface area contributed by atoms with E-state index in [0.29, 0.717) is 40.7 Å². The molecule has 13 heteroatoms. The molecule has 1 N–H and O–H groups in total. The number of alkyl halides is 2. The zero-order valence-corrected chi connectivity index (χ0v) is 22.3. The molecule has 2 aromatic carbocycles. The first-order valence-corrected chi connectivity index (χ1v) is 13.6. The molecule has 2 fully saturated rings. The van der Waals surface area contributed by atoms with Crippen LogP contribution in [0.15, 0.2) is 46.9 Å². The number of hydrogen-bond donors (Lipinski definition) is 1. The van der Waals surface area contributed by atoms with E-state index in [9.17, 15) is 18.7 Å². The van der Waals surface area contributed by atoms with Gasteiger partial charge in [-0.25, -0.2) is 23.5 Å². The fourth-order valence-corrected chi connectivity index (χ4v) is 6.10. The number of para-hydroxylation sites is 2. The van der Waals surface area contributed by atoms with E-state index in [1.165, 1.54) is 4.90 Å². The van der Waals surface area contributed by atoms with Crippen LogP contribution in [0.3, 0.4) is 0 Å². The number of fused-ring (bicyclic) bond motifs is 4. The number of halogens is 3. The van der Waals surface area contributed by atoms with Crippen molar-refractivity contribution in [3.8, 4) is 6.01 Å². The summed E-state index contributed by atoms with van der Waals surface area (Å²) in [5, 5.41) is 11.2. The van der Waals surface area contributed by atoms with E-state index in [2.05, 4.69) is 9.97 Å². The van der Waals surface area contributed by atoms with E-state index in [-0.39, 0.29) is 35.9 Å². The van der Waals surface area contributed by atoms with Gasteiger partial charge >= 0.3 is 5.97 Å². The maximum Gasteiger partial charge on any atom is 0.326 e. The second-order valence-corrected chi connectivity index (χ2v) is 10.6. The Morgan fingerprint density at radius 2 is 1.90 bits per heavy atom. The number of carboxylic acids is 1. The number of aliphatic carboxylic acids is 1. The van der Waals surface area contributed by atoms with Crippen LogP contribution in [0.1, 0.15) is 37.6 Å². The number of anilines is 1. The molecule has 5 aromatic rings. The van der Waals surface area contributed by atoms with E-state index in [1.807, 2.05) is 16.7 Å². The standard InChI is InChI=1S/C28H24ClF2N5O5/c29-17-5-3-6-18-22(17)36(14-8-10-39-11-9-14)28(32-18)40-15-12-19(27(37)38)35(13-15)26-23-21(33-25(34-26)24(30)31)16-4-1-2-7-20(16)41-23/h1-7,14-15,19,24H,8-13H2,(H,37,38)/t15-,19-/m0/s1. The van der Waals surface area contributed by atoms with Crippen LogP contribution in [0, 0.1) is 0 Å². The number of imidazole rings is 1. The van der Waals surface area contributed by atoms with Gasteiger partial charge in [0.05, 0.1) is 22.6 Å². The number of furan rings is 1. The number of rotatable bonds is 6. The van der Waals surface area contributed by atoms with Gasteiger partial charge in [-0.1, -0.05) is 29.8 Å². The van der Waals surface area contributed by atoms with E-state index in [4.69, 9.17) is 30.5 Å². The van der Waals surface area contributed by atoms with Gasteiger partial charge in [-0.05, 0) is 37.1 Å². The second kappa shape index (κ2) is 10.1. The first-order chi connectivity index (χ1) is 19.9. The largest absolute Gasteiger partial charge is 0.480 e. The van der Waals surface area contributed by atoms with Gasteiger partial charge in [-0.3, -0.25) is 4.57 Å². The van der Waals surface area contributed by atoms with Gasteiger partial charge in [-0.15, -0.1) is 0 Å². The summed E-state index contributed by atoms with van der Waals surface area (Å²) >= 11 is 6.59. The molecule has 10 nitrogen and oxygen atoms in total. The van der Waals surface area contributed by atoms with Crippen molar-refractivity contribution in [1.29, 1.82) is 0 Å². The molecule has 2 atom stereocenters. The van der Waals surface area contributed by atoms with Crippen LogP contribution in [0.5, 0.6) is 6.01 Å². The number of nitrogens with zero attached hydrogens (tertiary/aromatic N) is 5. The first kappa shape index (κ1) is 25.9. The van der Waals surface area contributed by atoms with Gasteiger partial charge in [0, 0.05) is 31.1 Å². The second-order valence-electron chi connectivity index (χ2n) is 10.2. The Balaban J connectivity index is 1.29. The summed E-state index contributed by atoms with van der Waals surface area (Å²) < 4.78 is 47.7. The Kier molecular flexibility index (Phi) is 6.39. The Morgan fingerprint density at radius 1 is 1.10 bits per heavy atom. The SMILES string of the molecule is O=C(O)[C@@H]1C[C@H](Oc2nc3cccc(Cl)c3n2C2CCOCC2)CN1c1nc(C(F)F)nc2c1oc1ccccc12. The normalized spacial score (nSPS) is 20.1. The van der Waals surface area contributed by atoms with Crippen molar-refractivity contribution in [3.63, 3.8) is 0 Å². The molecule has 5 heterocycles. The third-order valence-electron chi connectivity index (χ3n) is 7.69. The minimum absolute atomic E-state index is 0.0130. The Morgan fingerprint density at radius 3 is 2.68 bits per heavy atom. The maximum absolute atomic E-state index is 13.9. The van der Waals surface area contributed by atoms with Crippen LogP contribution >= 0.6 is 11.6 Å². The van der Waals surface area contributed by atoms with Crippen molar-refractivity contribution >= 4 is 56.5 Å². The Hall–Kier alpha value is -4.03. The summed E-state index contributed by atoms with van der Waals surface area (Å²) in [6, 6.07) is 11.6. The predicted molar refractivity (Wildman–Crippen MR) is 146 cm³/mol. The number of hydrogen-bond acceptors (Lipinski definition) is 8. The monoisotopic (exact) mass is 583 g/mol. The van der Waals surface area contributed by atoms with Crippen LogP contribution < -0.4 is 9.64 Å². The van der Waals surface area contributed by atoms with Crippen molar-refractivity contribution in [1.82, 2.24) is 19.5 Å². The van der Waals surface area contributed by atoms with Crippen LogP contribution in [-0.2, 0) is 9.53 Å². The molecule has 0 bridgehead atoms. The molecule has 0 saturated carbocycles. The highest BCUT2D eigenvalue weighted by Crippen LogP contribution is 2.39. The lowest BCUT2D eigenvalue weighted by Gasteiger charge is -2.26. The summed E-state index contributed by atoms with van der Waals surface area (Å²) in [4.78, 5) is 26.7. The highest BCUT2D eigenvalue weighted by Gasteiger charge is 2.42. The molecule has 3 aromatic heterocycles. The lowest BCUT2D eigenvalue weighted by Crippen LogP contribution is -2.37. The van der Waals surface area contributed by atoms with Crippen molar-refractivity contribution < 1.29 is 32.6 Å². The lowest BCUT2D eigenvalue weighted by atomic mass is 10.1. The number of carboxylic acid groups (broad SMARTS) is 1. The molecule has 2 aliphatic rings. The third kappa shape index (κ3) is 4.41. The van der Waals surface area contributed by atoms with E-state index >= 15 is 0 Å². The summed E-state index contributed by atoms with van der Waals surface area (Å²) in [7, 11) is 0. The van der Waals surface area contributed by atoms with Crippen LogP contribution in [0.2, 0.25) is 5.02 Å². The smallest absolute Gasteiger partial charge is 0.326 e. The number of ether oxygens (including phenoxy) is 2. The molecular formula is C28H24ClF2N5O5. The zero-order valence-electron chi connectivity index (χ0n) is 21.5. The topological polar surface area (TPSA) is 116 Å². The molecule has 0 radical (unpaired) electrons. The van der Waals surface area contributed by atoms with Crippen molar-refractivity contribution in [2.45, 2.75) is 43.9 Å². The minimum atomic E-state index is -2.96. The fourth-order valence-electron chi connectivity index (χ4n) is 5.84. The molecular weight excluding hydrogens is 560 g/mol. The van der Waals surface area contributed by atoms with E-state index in [1.54, 1.807) is 30.3 Å². The summed E-state index contributed by atoms with van der Waals surface area (Å²) in [5.74, 6) is -1.86. The maximum atomic E-state index is 13.9. The van der Waals surface area contributed by atoms with Gasteiger partial charge < -0.3 is 23.9 Å². The van der Waals surface area contributed by atoms with Crippen molar-refractivity contribution in [2.75, 3.05) is 24.7 Å². The van der Waals surface area contributed by atoms with Gasteiger partial charge in [0.25, 0.3) is 12.4 Å². The summed E-state index contributed by atoms with van der Waals surface area (Å²) in [6.45, 7) is 1.22. The average molecular weight is 584 g/mol. The Labute approximate surface area is 236 Å². The van der Waals surface area contributed by atoms with Gasteiger partial charge in [0.15, 0.2) is 17.2 Å². The molecule has 41 heavy (non-hydrogen) atoms. The van der Waals surface area contributed by atoms with Crippen LogP contribution in [-0.4, -0.2) is 62.5 Å². The molecule has 2 aliphatic heterocycles. The lowest BCUT2D eigenvalue weighted by molar-refractivity contribution is -0.138. The van der Waals surface area contributed by atoms with Gasteiger partial charge in [0.1, 0.15) is 23.2 Å². The van der Waals surface area contributed by atoms with E-state index < -0.39 is 30.4 Å². The molecule has 0 amide bonds. The van der Waals surface area contributed by atoms with Crippen molar-refractivity contribution in [3.05, 3.63) is 53.3 Å². The van der Waals surface area contributed by atoms with Crippen LogP contribution in [0.4, 0.5) is 14.6 Å². The van der Waals surface area contributed by atoms with Gasteiger partial charge in [-0.2, -0.15) is 4.98 Å². The molecule has 212 valence electrons. The fraction of sp³-hybridized carbons (Fsp3) is 0.357. The summed E-state index contributed by atoms with van der Waals surface area (Å²) in [5.41, 5.74) is 2.17. The Bertz CT molecular complexity index is 1790. The molecule has 7 rings (SSSR count). The zero-order chi connectivity index (χ0) is 28.2. The highest BCUT2D eigenvalue weighted by atomic mass is 35.5. The predicted octanol–water partition coefficient (Wildman–Crippen LogP) is 5.78. The summed E-state index contributed by atoms with van der Waals surface area (Å²) in [6.07, 6.45) is -2.06. The van der Waals surface area contributed by atoms with Crippen molar-refractivity contribution in [2.24, 2.45) is 0 Å². The number of aromatic nitrogens is 4. The quantitative estimate of drug-likeness (QED) is 0.265. The van der Waals surface area contributed by atoms with Crippen LogP contribution in [0.25, 0.3) is 33.1 Å². The highest BCUT2D eigenvalue weighted by molar-refractivity contribution is 6.35. The van der Waals surface area contributed by atoms with Gasteiger partial charge in [0.2, 0.25) is 0 Å². The van der Waals surface area contributed by atoms with E-state index in [0.717, 1.165) is 18.4 Å². The molecule has 2 saturated heterocycles. The molecule has 0 unspecified atom stereocenters. The first-order valence-electron chi connectivity index (χ1n) is 13.3. The number of benzene rings is 2. The minimum Gasteiger partial charge on any atom is -0.480 e. The molecule has 0 spiro atoms.